The fourth-order valence-electron chi connectivity index (χ4n) is 2.37. The van der Waals surface area contributed by atoms with Gasteiger partial charge in [0.15, 0.2) is 0 Å². The molecule has 0 spiro atoms. The zero-order valence-electron chi connectivity index (χ0n) is 10.7. The first-order valence-electron chi connectivity index (χ1n) is 6.40. The highest BCUT2D eigenvalue weighted by molar-refractivity contribution is 6.31. The standard InChI is InChI=1S/C15H15ClN2O/c1-2-19-11-5-3-10(4-6-11)14-9-12-13(16)7-8-17-15(12)18-14/h3-8,14H,2,9H2,1H3,(H,17,18). The molecule has 0 bridgehead atoms. The zero-order valence-corrected chi connectivity index (χ0v) is 11.4. The molecule has 0 saturated carbocycles. The van der Waals surface area contributed by atoms with Crippen LogP contribution in [0.3, 0.4) is 0 Å². The molecule has 0 amide bonds. The van der Waals surface area contributed by atoms with Crippen LogP contribution in [0.25, 0.3) is 0 Å². The number of anilines is 1. The van der Waals surface area contributed by atoms with Crippen molar-refractivity contribution in [3.05, 3.63) is 52.7 Å². The van der Waals surface area contributed by atoms with Crippen molar-refractivity contribution in [3.63, 3.8) is 0 Å². The Bertz CT molecular complexity index is 583. The average Bonchev–Trinajstić information content (AvgIpc) is 2.85. The minimum absolute atomic E-state index is 0.234. The molecule has 1 aromatic carbocycles. The molecule has 0 radical (unpaired) electrons. The number of hydrogen-bond acceptors (Lipinski definition) is 3. The highest BCUT2D eigenvalue weighted by Crippen LogP contribution is 2.36. The Morgan fingerprint density at radius 1 is 1.32 bits per heavy atom. The van der Waals surface area contributed by atoms with Crippen molar-refractivity contribution in [1.82, 2.24) is 4.98 Å². The van der Waals surface area contributed by atoms with Gasteiger partial charge in [0, 0.05) is 23.2 Å². The third-order valence-corrected chi connectivity index (χ3v) is 3.67. The first kappa shape index (κ1) is 12.3. The van der Waals surface area contributed by atoms with Gasteiger partial charge in [-0.3, -0.25) is 0 Å². The van der Waals surface area contributed by atoms with Crippen LogP contribution in [0.5, 0.6) is 5.75 Å². The molecule has 0 aliphatic carbocycles. The normalized spacial score (nSPS) is 16.8. The van der Waals surface area contributed by atoms with Crippen LogP contribution in [0.15, 0.2) is 36.5 Å². The minimum atomic E-state index is 0.234. The summed E-state index contributed by atoms with van der Waals surface area (Å²) in [6, 6.07) is 10.2. The second-order valence-corrected chi connectivity index (χ2v) is 4.93. The fourth-order valence-corrected chi connectivity index (χ4v) is 2.59. The molecule has 19 heavy (non-hydrogen) atoms. The predicted octanol–water partition coefficient (Wildman–Crippen LogP) is 3.84. The molecule has 3 nitrogen and oxygen atoms in total. The van der Waals surface area contributed by atoms with Crippen LogP contribution in [0.1, 0.15) is 24.1 Å². The van der Waals surface area contributed by atoms with Gasteiger partial charge in [-0.25, -0.2) is 4.98 Å². The van der Waals surface area contributed by atoms with Crippen LogP contribution in [0.4, 0.5) is 5.82 Å². The molecule has 98 valence electrons. The molecular formula is C15H15ClN2O. The molecule has 3 rings (SSSR count). The summed E-state index contributed by atoms with van der Waals surface area (Å²) in [4.78, 5) is 4.32. The number of fused-ring (bicyclic) bond motifs is 1. The van der Waals surface area contributed by atoms with Crippen LogP contribution < -0.4 is 10.1 Å². The van der Waals surface area contributed by atoms with Gasteiger partial charge in [0.1, 0.15) is 11.6 Å². The Morgan fingerprint density at radius 2 is 2.11 bits per heavy atom. The zero-order chi connectivity index (χ0) is 13.2. The second-order valence-electron chi connectivity index (χ2n) is 4.52. The number of nitrogens with zero attached hydrogens (tertiary/aromatic N) is 1. The summed E-state index contributed by atoms with van der Waals surface area (Å²) < 4.78 is 5.45. The maximum Gasteiger partial charge on any atom is 0.131 e. The largest absolute Gasteiger partial charge is 0.494 e. The van der Waals surface area contributed by atoms with Crippen molar-refractivity contribution in [2.24, 2.45) is 0 Å². The highest BCUT2D eigenvalue weighted by atomic mass is 35.5. The number of ether oxygens (including phenoxy) is 1. The lowest BCUT2D eigenvalue weighted by Crippen LogP contribution is -2.05. The molecule has 2 heterocycles. The fraction of sp³-hybridized carbons (Fsp3) is 0.267. The number of halogens is 1. The topological polar surface area (TPSA) is 34.1 Å². The number of rotatable bonds is 3. The quantitative estimate of drug-likeness (QED) is 0.923. The SMILES string of the molecule is CCOc1ccc(C2Cc3c(Cl)ccnc3N2)cc1. The third-order valence-electron chi connectivity index (χ3n) is 3.31. The molecule has 1 unspecified atom stereocenters. The summed E-state index contributed by atoms with van der Waals surface area (Å²) in [7, 11) is 0. The van der Waals surface area contributed by atoms with Crippen LogP contribution in [0, 0.1) is 0 Å². The molecule has 1 N–H and O–H groups in total. The summed E-state index contributed by atoms with van der Waals surface area (Å²) in [5, 5.41) is 4.19. The minimum Gasteiger partial charge on any atom is -0.494 e. The maximum atomic E-state index is 6.19. The molecule has 2 aromatic rings. The van der Waals surface area contributed by atoms with Crippen molar-refractivity contribution in [2.75, 3.05) is 11.9 Å². The van der Waals surface area contributed by atoms with Crippen molar-refractivity contribution >= 4 is 17.4 Å². The molecule has 0 fully saturated rings. The van der Waals surface area contributed by atoms with E-state index in [1.54, 1.807) is 6.20 Å². The lowest BCUT2D eigenvalue weighted by Gasteiger charge is -2.12. The Morgan fingerprint density at radius 3 is 2.79 bits per heavy atom. The average molecular weight is 275 g/mol. The number of aromatic nitrogens is 1. The van der Waals surface area contributed by atoms with E-state index in [0.29, 0.717) is 6.61 Å². The first-order chi connectivity index (χ1) is 9.28. The van der Waals surface area contributed by atoms with Crippen LogP contribution >= 0.6 is 11.6 Å². The summed E-state index contributed by atoms with van der Waals surface area (Å²) >= 11 is 6.19. The van der Waals surface area contributed by atoms with Gasteiger partial charge < -0.3 is 10.1 Å². The maximum absolute atomic E-state index is 6.19. The van der Waals surface area contributed by atoms with E-state index < -0.39 is 0 Å². The Balaban J connectivity index is 1.81. The van der Waals surface area contributed by atoms with E-state index in [-0.39, 0.29) is 6.04 Å². The number of benzene rings is 1. The molecule has 4 heteroatoms. The van der Waals surface area contributed by atoms with Gasteiger partial charge in [0.2, 0.25) is 0 Å². The molecule has 1 atom stereocenters. The van der Waals surface area contributed by atoms with Gasteiger partial charge >= 0.3 is 0 Å². The Kier molecular flexibility index (Phi) is 3.30. The van der Waals surface area contributed by atoms with Crippen LogP contribution in [-0.4, -0.2) is 11.6 Å². The van der Waals surface area contributed by atoms with E-state index in [1.165, 1.54) is 5.56 Å². The van der Waals surface area contributed by atoms with Gasteiger partial charge in [0.05, 0.1) is 12.6 Å². The van der Waals surface area contributed by atoms with Gasteiger partial charge in [-0.1, -0.05) is 23.7 Å². The Hall–Kier alpha value is -1.74. The van der Waals surface area contributed by atoms with E-state index in [4.69, 9.17) is 16.3 Å². The van der Waals surface area contributed by atoms with Crippen molar-refractivity contribution < 1.29 is 4.74 Å². The molecule has 0 saturated heterocycles. The summed E-state index contributed by atoms with van der Waals surface area (Å²) in [6.07, 6.45) is 2.60. The second kappa shape index (κ2) is 5.10. The summed E-state index contributed by atoms with van der Waals surface area (Å²) in [6.45, 7) is 2.67. The highest BCUT2D eigenvalue weighted by Gasteiger charge is 2.24. The monoisotopic (exact) mass is 274 g/mol. The van der Waals surface area contributed by atoms with Gasteiger partial charge in [0.25, 0.3) is 0 Å². The number of nitrogens with one attached hydrogen (secondary N) is 1. The van der Waals surface area contributed by atoms with Gasteiger partial charge in [-0.2, -0.15) is 0 Å². The lowest BCUT2D eigenvalue weighted by molar-refractivity contribution is 0.340. The van der Waals surface area contributed by atoms with Crippen molar-refractivity contribution in [2.45, 2.75) is 19.4 Å². The summed E-state index contributed by atoms with van der Waals surface area (Å²) in [5.41, 5.74) is 2.32. The van der Waals surface area contributed by atoms with Gasteiger partial charge in [-0.15, -0.1) is 0 Å². The first-order valence-corrected chi connectivity index (χ1v) is 6.78. The molecular weight excluding hydrogens is 260 g/mol. The van der Waals surface area contributed by atoms with E-state index in [0.717, 1.165) is 28.6 Å². The van der Waals surface area contributed by atoms with Crippen LogP contribution in [0.2, 0.25) is 5.02 Å². The number of hydrogen-bond donors (Lipinski definition) is 1. The van der Waals surface area contributed by atoms with E-state index in [1.807, 2.05) is 25.1 Å². The van der Waals surface area contributed by atoms with Crippen LogP contribution in [-0.2, 0) is 6.42 Å². The molecule has 1 aromatic heterocycles. The van der Waals surface area contributed by atoms with Crippen molar-refractivity contribution in [1.29, 1.82) is 0 Å². The van der Waals surface area contributed by atoms with E-state index in [9.17, 15) is 0 Å². The lowest BCUT2D eigenvalue weighted by atomic mass is 10.0. The smallest absolute Gasteiger partial charge is 0.131 e. The Labute approximate surface area is 117 Å². The third kappa shape index (κ3) is 2.38. The van der Waals surface area contributed by atoms with Crippen molar-refractivity contribution in [3.8, 4) is 5.75 Å². The van der Waals surface area contributed by atoms with E-state index in [2.05, 4.69) is 22.4 Å². The number of pyridine rings is 1. The molecule has 1 aliphatic heterocycles. The molecule has 1 aliphatic rings. The van der Waals surface area contributed by atoms with E-state index >= 15 is 0 Å². The summed E-state index contributed by atoms with van der Waals surface area (Å²) in [5.74, 6) is 1.80. The predicted molar refractivity (Wildman–Crippen MR) is 76.9 cm³/mol. The van der Waals surface area contributed by atoms with Gasteiger partial charge in [-0.05, 0) is 30.7 Å².